The van der Waals surface area contributed by atoms with Gasteiger partial charge in [-0.25, -0.2) is 0 Å². The first-order chi connectivity index (χ1) is 15.6. The molecule has 174 valence electrons. The van der Waals surface area contributed by atoms with Crippen molar-refractivity contribution in [3.8, 4) is 5.75 Å². The van der Waals surface area contributed by atoms with Crippen LogP contribution in [0, 0.1) is 0 Å². The van der Waals surface area contributed by atoms with E-state index in [9.17, 15) is 9.59 Å². The number of nitrogens with zero attached hydrogens (tertiary/aromatic N) is 1. The molecule has 2 amide bonds. The number of carbonyl (C=O) groups excluding carboxylic acids is 2. The molecule has 1 aliphatic rings. The Balaban J connectivity index is 1.67. The van der Waals surface area contributed by atoms with Crippen LogP contribution in [0.25, 0.3) is 0 Å². The van der Waals surface area contributed by atoms with Crippen molar-refractivity contribution < 1.29 is 19.1 Å². The van der Waals surface area contributed by atoms with Crippen LogP contribution in [0.4, 0.5) is 0 Å². The molecule has 1 aromatic heterocycles. The Morgan fingerprint density at radius 1 is 1.22 bits per heavy atom. The Kier molecular flexibility index (Phi) is 9.86. The van der Waals surface area contributed by atoms with Gasteiger partial charge in [0.05, 0.1) is 31.9 Å². The number of nitrogens with one attached hydrogen (secondary N) is 2. The average Bonchev–Trinajstić information content (AvgIpc) is 3.37. The largest absolute Gasteiger partial charge is 0.496 e. The first-order valence-electron chi connectivity index (χ1n) is 10.7. The van der Waals surface area contributed by atoms with Crippen molar-refractivity contribution in [1.29, 1.82) is 0 Å². The van der Waals surface area contributed by atoms with Gasteiger partial charge in [0, 0.05) is 24.5 Å². The molecule has 2 N–H and O–H groups in total. The summed E-state index contributed by atoms with van der Waals surface area (Å²) in [4.78, 5) is 29.6. The van der Waals surface area contributed by atoms with E-state index in [1.165, 1.54) is 12.0 Å². The minimum absolute atomic E-state index is 0.0916. The van der Waals surface area contributed by atoms with E-state index < -0.39 is 6.04 Å². The molecule has 0 aliphatic carbocycles. The number of methoxy groups -OCH3 is 1. The molecule has 3 rings (SSSR count). The number of benzene rings is 1. The van der Waals surface area contributed by atoms with Crippen molar-refractivity contribution in [2.45, 2.75) is 18.5 Å². The van der Waals surface area contributed by atoms with Gasteiger partial charge in [0.1, 0.15) is 11.8 Å². The number of para-hydroxylation sites is 1. The number of amides is 2. The molecule has 0 saturated carbocycles. The van der Waals surface area contributed by atoms with Crippen LogP contribution in [-0.2, 0) is 9.53 Å². The smallest absolute Gasteiger partial charge is 0.255 e. The molecule has 2 aromatic rings. The molecule has 0 unspecified atom stereocenters. The second-order valence-corrected chi connectivity index (χ2v) is 9.40. The van der Waals surface area contributed by atoms with Crippen LogP contribution in [0.2, 0.25) is 0 Å². The van der Waals surface area contributed by atoms with Crippen molar-refractivity contribution in [1.82, 2.24) is 15.5 Å². The van der Waals surface area contributed by atoms with Crippen LogP contribution in [0.3, 0.4) is 0 Å². The minimum atomic E-state index is -0.617. The van der Waals surface area contributed by atoms with Gasteiger partial charge in [0.2, 0.25) is 5.91 Å². The van der Waals surface area contributed by atoms with Crippen LogP contribution in [0.15, 0.2) is 41.8 Å². The van der Waals surface area contributed by atoms with Crippen molar-refractivity contribution >= 4 is 34.9 Å². The second kappa shape index (κ2) is 12.8. The maximum absolute atomic E-state index is 13.1. The highest BCUT2D eigenvalue weighted by Crippen LogP contribution is 2.25. The maximum atomic E-state index is 13.1. The molecule has 0 spiro atoms. The zero-order valence-electron chi connectivity index (χ0n) is 18.5. The second-order valence-electron chi connectivity index (χ2n) is 7.43. The van der Waals surface area contributed by atoms with E-state index in [1.54, 1.807) is 41.3 Å². The molecule has 0 radical (unpaired) electrons. The Labute approximate surface area is 197 Å². The first-order valence-corrected chi connectivity index (χ1v) is 13.0. The van der Waals surface area contributed by atoms with Crippen LogP contribution >= 0.6 is 23.1 Å². The van der Waals surface area contributed by atoms with Crippen molar-refractivity contribution in [2.75, 3.05) is 52.0 Å². The zero-order valence-corrected chi connectivity index (χ0v) is 20.2. The minimum Gasteiger partial charge on any atom is -0.496 e. The van der Waals surface area contributed by atoms with Crippen LogP contribution < -0.4 is 15.4 Å². The Bertz CT molecular complexity index is 857. The van der Waals surface area contributed by atoms with Crippen LogP contribution in [0.5, 0.6) is 5.75 Å². The molecule has 32 heavy (non-hydrogen) atoms. The lowest BCUT2D eigenvalue weighted by Crippen LogP contribution is -2.50. The maximum Gasteiger partial charge on any atom is 0.255 e. The van der Waals surface area contributed by atoms with Gasteiger partial charge >= 0.3 is 0 Å². The fourth-order valence-corrected chi connectivity index (χ4v) is 5.01. The third kappa shape index (κ3) is 6.71. The third-order valence-corrected chi connectivity index (χ3v) is 7.03. The van der Waals surface area contributed by atoms with E-state index in [0.717, 1.165) is 18.8 Å². The Morgan fingerprint density at radius 3 is 2.69 bits per heavy atom. The summed E-state index contributed by atoms with van der Waals surface area (Å²) in [5.74, 6) is 0.769. The molecule has 2 heterocycles. The summed E-state index contributed by atoms with van der Waals surface area (Å²) >= 11 is 3.34. The van der Waals surface area contributed by atoms with E-state index in [0.29, 0.717) is 37.5 Å². The molecule has 1 fully saturated rings. The number of rotatable bonds is 11. The summed E-state index contributed by atoms with van der Waals surface area (Å²) in [5.41, 5.74) is 0.418. The number of carbonyl (C=O) groups is 2. The lowest BCUT2D eigenvalue weighted by atomic mass is 10.1. The molecule has 0 bridgehead atoms. The van der Waals surface area contributed by atoms with E-state index in [2.05, 4.69) is 27.0 Å². The monoisotopic (exact) mass is 477 g/mol. The number of ether oxygens (including phenoxy) is 2. The van der Waals surface area contributed by atoms with E-state index in [1.807, 2.05) is 18.4 Å². The van der Waals surface area contributed by atoms with Gasteiger partial charge in [0.25, 0.3) is 5.91 Å². The lowest BCUT2D eigenvalue weighted by molar-refractivity contribution is -0.123. The highest BCUT2D eigenvalue weighted by atomic mass is 32.2. The summed E-state index contributed by atoms with van der Waals surface area (Å²) in [6, 6.07) is 10.6. The fourth-order valence-electron chi connectivity index (χ4n) is 3.67. The molecule has 1 aliphatic heterocycles. The van der Waals surface area contributed by atoms with Gasteiger partial charge in [0.15, 0.2) is 0 Å². The molecule has 2 atom stereocenters. The molecular formula is C23H31N3O4S2. The SMILES string of the molecule is COc1ccccc1C(=O)N[C@@H](CCSC)C(=O)NC[C@H](c1cccs1)N1CCOCC1. The van der Waals surface area contributed by atoms with Gasteiger partial charge in [-0.15, -0.1) is 11.3 Å². The first kappa shape index (κ1) is 24.6. The number of hydrogen-bond acceptors (Lipinski definition) is 7. The van der Waals surface area contributed by atoms with Gasteiger partial charge < -0.3 is 20.1 Å². The average molecular weight is 478 g/mol. The molecular weight excluding hydrogens is 446 g/mol. The van der Waals surface area contributed by atoms with Gasteiger partial charge in [-0.2, -0.15) is 11.8 Å². The third-order valence-electron chi connectivity index (χ3n) is 5.41. The van der Waals surface area contributed by atoms with E-state index >= 15 is 0 Å². The molecule has 1 aromatic carbocycles. The lowest BCUT2D eigenvalue weighted by Gasteiger charge is -2.34. The van der Waals surface area contributed by atoms with Crippen LogP contribution in [-0.4, -0.2) is 74.7 Å². The molecule has 7 nitrogen and oxygen atoms in total. The van der Waals surface area contributed by atoms with Crippen LogP contribution in [0.1, 0.15) is 27.7 Å². The highest BCUT2D eigenvalue weighted by molar-refractivity contribution is 7.98. The zero-order chi connectivity index (χ0) is 22.8. The standard InChI is InChI=1S/C23H31N3O4S2/c1-29-20-7-4-3-6-17(20)22(27)25-18(9-15-31-2)23(28)24-16-19(21-8-5-14-32-21)26-10-12-30-13-11-26/h3-8,14,18-19H,9-13,15-16H2,1-2H3,(H,24,28)(H,25,27)/t18-,19+/m0/s1. The fraction of sp³-hybridized carbons (Fsp3) is 0.478. The van der Waals surface area contributed by atoms with Crippen molar-refractivity contribution in [3.63, 3.8) is 0 Å². The normalized spacial score (nSPS) is 16.2. The molecule has 1 saturated heterocycles. The highest BCUT2D eigenvalue weighted by Gasteiger charge is 2.27. The van der Waals surface area contributed by atoms with E-state index in [-0.39, 0.29) is 17.9 Å². The summed E-state index contributed by atoms with van der Waals surface area (Å²) in [5, 5.41) is 8.05. The quantitative estimate of drug-likeness (QED) is 0.518. The predicted molar refractivity (Wildman–Crippen MR) is 130 cm³/mol. The van der Waals surface area contributed by atoms with Gasteiger partial charge in [-0.3, -0.25) is 14.5 Å². The van der Waals surface area contributed by atoms with E-state index in [4.69, 9.17) is 9.47 Å². The van der Waals surface area contributed by atoms with Gasteiger partial charge in [-0.05, 0) is 42.0 Å². The summed E-state index contributed by atoms with van der Waals surface area (Å²) in [6.07, 6.45) is 2.54. The summed E-state index contributed by atoms with van der Waals surface area (Å²) < 4.78 is 10.8. The summed E-state index contributed by atoms with van der Waals surface area (Å²) in [7, 11) is 1.53. The number of thioether (sulfide) groups is 1. The van der Waals surface area contributed by atoms with Crippen molar-refractivity contribution in [3.05, 3.63) is 52.2 Å². The van der Waals surface area contributed by atoms with Crippen molar-refractivity contribution in [2.24, 2.45) is 0 Å². The Hall–Kier alpha value is -2.07. The number of thiophene rings is 1. The molecule has 9 heteroatoms. The predicted octanol–water partition coefficient (Wildman–Crippen LogP) is 2.80. The van der Waals surface area contributed by atoms with Gasteiger partial charge in [-0.1, -0.05) is 18.2 Å². The Morgan fingerprint density at radius 2 is 2.00 bits per heavy atom. The summed E-state index contributed by atoms with van der Waals surface area (Å²) in [6.45, 7) is 3.54. The topological polar surface area (TPSA) is 79.9 Å². The number of hydrogen-bond donors (Lipinski definition) is 2. The number of morpholine rings is 1.